The molecule has 3 aromatic carbocycles. The van der Waals surface area contributed by atoms with Crippen LogP contribution in [0.4, 0.5) is 11.4 Å². The third-order valence-corrected chi connectivity index (χ3v) is 7.59. The van der Waals surface area contributed by atoms with Crippen molar-refractivity contribution in [3.8, 4) is 0 Å². The molecule has 0 radical (unpaired) electrons. The summed E-state index contributed by atoms with van der Waals surface area (Å²) in [7, 11) is -1.29. The fraction of sp³-hybridized carbons (Fsp3) is 0.143. The van der Waals surface area contributed by atoms with Gasteiger partial charge in [0.25, 0.3) is 0 Å². The summed E-state index contributed by atoms with van der Waals surface area (Å²) >= 11 is 1.86. The summed E-state index contributed by atoms with van der Waals surface area (Å²) in [5.41, 5.74) is 2.33. The van der Waals surface area contributed by atoms with Crippen molar-refractivity contribution in [2.75, 3.05) is 5.32 Å². The maximum absolute atomic E-state index is 3.59. The average Bonchev–Trinajstić information content (AvgIpc) is 2.92. The van der Waals surface area contributed by atoms with Gasteiger partial charge in [0.1, 0.15) is 0 Å². The highest BCUT2D eigenvalue weighted by atomic mass is 32.1. The summed E-state index contributed by atoms with van der Waals surface area (Å²) in [5, 5.41) is 7.75. The van der Waals surface area contributed by atoms with E-state index in [2.05, 4.69) is 91.7 Å². The van der Waals surface area contributed by atoms with Crippen LogP contribution in [0.2, 0.25) is 19.6 Å². The van der Waals surface area contributed by atoms with Gasteiger partial charge in [-0.1, -0.05) is 55.2 Å². The number of anilines is 2. The van der Waals surface area contributed by atoms with E-state index in [0.29, 0.717) is 0 Å². The Bertz CT molecular complexity index is 1030. The van der Waals surface area contributed by atoms with Crippen molar-refractivity contribution >= 4 is 56.1 Å². The van der Waals surface area contributed by atoms with Crippen molar-refractivity contribution in [3.63, 3.8) is 0 Å². The zero-order valence-corrected chi connectivity index (χ0v) is 16.1. The predicted octanol–water partition coefficient (Wildman–Crippen LogP) is 6.34. The fourth-order valence-electron chi connectivity index (χ4n) is 3.03. The number of fused-ring (bicyclic) bond motifs is 3. The molecule has 1 heterocycles. The van der Waals surface area contributed by atoms with Gasteiger partial charge in [0, 0.05) is 31.5 Å². The summed E-state index contributed by atoms with van der Waals surface area (Å²) < 4.78 is 2.70. The van der Waals surface area contributed by atoms with Gasteiger partial charge in [-0.15, -0.1) is 11.3 Å². The first-order chi connectivity index (χ1) is 11.5. The first kappa shape index (κ1) is 15.4. The van der Waals surface area contributed by atoms with E-state index in [1.165, 1.54) is 31.0 Å². The van der Waals surface area contributed by atoms with E-state index in [9.17, 15) is 0 Å². The number of nitrogens with one attached hydrogen (secondary N) is 1. The van der Waals surface area contributed by atoms with Gasteiger partial charge >= 0.3 is 0 Å². The minimum Gasteiger partial charge on any atom is -0.356 e. The number of hydrogen-bond donors (Lipinski definition) is 1. The molecule has 0 amide bonds. The van der Waals surface area contributed by atoms with Crippen LogP contribution in [0.15, 0.2) is 66.7 Å². The third kappa shape index (κ3) is 2.85. The first-order valence-corrected chi connectivity index (χ1v) is 12.6. The standard InChI is InChI=1S/C21H21NSSi/c1-24(2,3)17-8-6-7-15(13-17)22-16-11-12-21-19(14-16)18-9-4-5-10-20(18)23-21/h4-14,22H,1-3H3. The molecule has 4 rings (SSSR count). The fourth-order valence-corrected chi connectivity index (χ4v) is 5.31. The van der Waals surface area contributed by atoms with Crippen LogP contribution < -0.4 is 10.5 Å². The Morgan fingerprint density at radius 1 is 0.708 bits per heavy atom. The second-order valence-corrected chi connectivity index (χ2v) is 13.4. The van der Waals surface area contributed by atoms with Gasteiger partial charge in [0.2, 0.25) is 0 Å². The molecule has 0 saturated carbocycles. The molecule has 0 unspecified atom stereocenters. The molecule has 24 heavy (non-hydrogen) atoms. The highest BCUT2D eigenvalue weighted by Crippen LogP contribution is 2.35. The Kier molecular flexibility index (Phi) is 3.70. The molecule has 0 atom stereocenters. The van der Waals surface area contributed by atoms with Crippen LogP contribution in [-0.4, -0.2) is 8.07 Å². The molecule has 0 aliphatic carbocycles. The van der Waals surface area contributed by atoms with Crippen molar-refractivity contribution in [2.24, 2.45) is 0 Å². The molecular weight excluding hydrogens is 326 g/mol. The number of thiophene rings is 1. The Morgan fingerprint density at radius 2 is 1.46 bits per heavy atom. The summed E-state index contributed by atoms with van der Waals surface area (Å²) in [6, 6.07) is 24.2. The Labute approximate surface area is 148 Å². The van der Waals surface area contributed by atoms with E-state index in [1.54, 1.807) is 0 Å². The lowest BCUT2D eigenvalue weighted by Gasteiger charge is -2.18. The number of rotatable bonds is 3. The van der Waals surface area contributed by atoms with Crippen LogP contribution in [0.25, 0.3) is 20.2 Å². The van der Waals surface area contributed by atoms with Crippen molar-refractivity contribution in [1.29, 1.82) is 0 Å². The maximum atomic E-state index is 3.59. The van der Waals surface area contributed by atoms with Crippen LogP contribution in [0.3, 0.4) is 0 Å². The van der Waals surface area contributed by atoms with Gasteiger partial charge in [-0.05, 0) is 36.4 Å². The van der Waals surface area contributed by atoms with Gasteiger partial charge in [-0.25, -0.2) is 0 Å². The van der Waals surface area contributed by atoms with E-state index in [4.69, 9.17) is 0 Å². The van der Waals surface area contributed by atoms with Crippen LogP contribution in [0.5, 0.6) is 0 Å². The Hall–Kier alpha value is -2.10. The molecule has 0 fully saturated rings. The van der Waals surface area contributed by atoms with Gasteiger partial charge in [-0.2, -0.15) is 0 Å². The molecular formula is C21H21NSSi. The van der Waals surface area contributed by atoms with Crippen molar-refractivity contribution < 1.29 is 0 Å². The highest BCUT2D eigenvalue weighted by molar-refractivity contribution is 7.25. The monoisotopic (exact) mass is 347 g/mol. The average molecular weight is 348 g/mol. The van der Waals surface area contributed by atoms with Gasteiger partial charge in [0.05, 0.1) is 8.07 Å². The molecule has 1 nitrogen and oxygen atoms in total. The van der Waals surface area contributed by atoms with Crippen LogP contribution >= 0.6 is 11.3 Å². The topological polar surface area (TPSA) is 12.0 Å². The SMILES string of the molecule is C[Si](C)(C)c1cccc(Nc2ccc3sc4ccccc4c3c2)c1. The van der Waals surface area contributed by atoms with E-state index in [0.717, 1.165) is 5.69 Å². The largest absolute Gasteiger partial charge is 0.356 e. The van der Waals surface area contributed by atoms with E-state index >= 15 is 0 Å². The van der Waals surface area contributed by atoms with Gasteiger partial charge in [0.15, 0.2) is 0 Å². The number of benzene rings is 3. The second-order valence-electron chi connectivity index (χ2n) is 7.26. The van der Waals surface area contributed by atoms with E-state index < -0.39 is 8.07 Å². The summed E-state index contributed by atoms with van der Waals surface area (Å²) in [5.74, 6) is 0. The smallest absolute Gasteiger partial charge is 0.0776 e. The minimum absolute atomic E-state index is 1.15. The summed E-state index contributed by atoms with van der Waals surface area (Å²) in [6.45, 7) is 7.15. The lowest BCUT2D eigenvalue weighted by molar-refractivity contribution is 1.58. The summed E-state index contributed by atoms with van der Waals surface area (Å²) in [4.78, 5) is 0. The minimum atomic E-state index is -1.29. The lowest BCUT2D eigenvalue weighted by atomic mass is 10.1. The molecule has 1 aromatic heterocycles. The van der Waals surface area contributed by atoms with Crippen LogP contribution in [0, 0.1) is 0 Å². The molecule has 4 aromatic rings. The Balaban J connectivity index is 1.73. The summed E-state index contributed by atoms with van der Waals surface area (Å²) in [6.07, 6.45) is 0. The molecule has 3 heteroatoms. The zero-order chi connectivity index (χ0) is 16.7. The maximum Gasteiger partial charge on any atom is 0.0776 e. The molecule has 0 saturated heterocycles. The Morgan fingerprint density at radius 3 is 2.29 bits per heavy atom. The van der Waals surface area contributed by atoms with Crippen molar-refractivity contribution in [2.45, 2.75) is 19.6 Å². The van der Waals surface area contributed by atoms with Crippen molar-refractivity contribution in [1.82, 2.24) is 0 Å². The zero-order valence-electron chi connectivity index (χ0n) is 14.3. The number of hydrogen-bond acceptors (Lipinski definition) is 2. The predicted molar refractivity (Wildman–Crippen MR) is 112 cm³/mol. The van der Waals surface area contributed by atoms with Crippen molar-refractivity contribution in [3.05, 3.63) is 66.7 Å². The highest BCUT2D eigenvalue weighted by Gasteiger charge is 2.16. The van der Waals surface area contributed by atoms with Gasteiger partial charge < -0.3 is 5.32 Å². The second kappa shape index (κ2) is 5.76. The lowest BCUT2D eigenvalue weighted by Crippen LogP contribution is -2.37. The molecule has 0 bridgehead atoms. The first-order valence-electron chi connectivity index (χ1n) is 8.29. The molecule has 120 valence electrons. The van der Waals surface area contributed by atoms with E-state index in [1.807, 2.05) is 11.3 Å². The van der Waals surface area contributed by atoms with Gasteiger partial charge in [-0.3, -0.25) is 0 Å². The third-order valence-electron chi connectivity index (χ3n) is 4.39. The molecule has 0 spiro atoms. The molecule has 0 aliphatic heterocycles. The molecule has 1 N–H and O–H groups in total. The van der Waals surface area contributed by atoms with Crippen LogP contribution in [0.1, 0.15) is 0 Å². The normalized spacial score (nSPS) is 12.0. The van der Waals surface area contributed by atoms with E-state index in [-0.39, 0.29) is 0 Å². The molecule has 0 aliphatic rings. The quantitative estimate of drug-likeness (QED) is 0.426. The van der Waals surface area contributed by atoms with Crippen LogP contribution in [-0.2, 0) is 0 Å².